The molecule has 5 rings (SSSR count). The molecule has 2 aliphatic heterocycles. The highest BCUT2D eigenvalue weighted by molar-refractivity contribution is 8.23. The average molecular weight is 399 g/mol. The lowest BCUT2D eigenvalue weighted by Gasteiger charge is -2.28. The van der Waals surface area contributed by atoms with Crippen LogP contribution in [0.1, 0.15) is 11.1 Å². The maximum Gasteiger partial charge on any atom is 0.0488 e. The van der Waals surface area contributed by atoms with E-state index in [4.69, 9.17) is 0 Å². The molecule has 3 aromatic carbocycles. The van der Waals surface area contributed by atoms with E-state index in [-0.39, 0.29) is 0 Å². The molecule has 0 amide bonds. The highest BCUT2D eigenvalue weighted by Gasteiger charge is 2.20. The number of rotatable bonds is 3. The maximum absolute atomic E-state index is 2.42. The fourth-order valence-corrected chi connectivity index (χ4v) is 7.89. The number of fused-ring (bicyclic) bond motifs is 2. The Labute approximate surface area is 171 Å². The number of hydrogen-bond acceptors (Lipinski definition) is 2. The Morgan fingerprint density at radius 3 is 2.50 bits per heavy atom. The van der Waals surface area contributed by atoms with Crippen molar-refractivity contribution in [2.24, 2.45) is 0 Å². The summed E-state index contributed by atoms with van der Waals surface area (Å²) in [5, 5.41) is 1.54. The van der Waals surface area contributed by atoms with E-state index in [1.807, 2.05) is 11.8 Å². The zero-order valence-corrected chi connectivity index (χ0v) is 17.6. The first-order valence-electron chi connectivity index (χ1n) is 9.57. The molecule has 0 radical (unpaired) electrons. The molecule has 28 heavy (non-hydrogen) atoms. The third-order valence-corrected chi connectivity index (χ3v) is 9.77. The highest BCUT2D eigenvalue weighted by Crippen LogP contribution is 2.42. The summed E-state index contributed by atoms with van der Waals surface area (Å²) in [6, 6.07) is 28.3. The SMILES string of the molecule is C[PH]1=C(/C=C2\C=CN(Cc3ccccc3)c3ccccc32)Sc2ccccc21. The number of thioether (sulfide) groups is 1. The molecule has 0 spiro atoms. The van der Waals surface area contributed by atoms with Gasteiger partial charge in [0.05, 0.1) is 0 Å². The van der Waals surface area contributed by atoms with Gasteiger partial charge in [0.2, 0.25) is 0 Å². The van der Waals surface area contributed by atoms with Gasteiger partial charge in [0.15, 0.2) is 0 Å². The summed E-state index contributed by atoms with van der Waals surface area (Å²) in [6.07, 6.45) is 6.93. The lowest BCUT2D eigenvalue weighted by atomic mass is 9.99. The van der Waals surface area contributed by atoms with Gasteiger partial charge in [-0.1, -0.05) is 86.0 Å². The molecule has 0 bridgehead atoms. The quantitative estimate of drug-likeness (QED) is 0.496. The molecular formula is C25H22NPS. The summed E-state index contributed by atoms with van der Waals surface area (Å²) in [5.74, 6) is 0. The van der Waals surface area contributed by atoms with Gasteiger partial charge in [-0.3, -0.25) is 0 Å². The molecule has 2 aliphatic rings. The zero-order valence-electron chi connectivity index (χ0n) is 15.8. The molecule has 1 atom stereocenters. The van der Waals surface area contributed by atoms with Crippen LogP contribution in [-0.4, -0.2) is 11.3 Å². The predicted molar refractivity (Wildman–Crippen MR) is 127 cm³/mol. The van der Waals surface area contributed by atoms with Crippen LogP contribution in [-0.2, 0) is 6.54 Å². The maximum atomic E-state index is 2.42. The van der Waals surface area contributed by atoms with Crippen molar-refractivity contribution in [3.05, 3.63) is 108 Å². The minimum Gasteiger partial charge on any atom is -0.343 e. The van der Waals surface area contributed by atoms with Crippen molar-refractivity contribution >= 4 is 40.5 Å². The molecule has 1 unspecified atom stereocenters. The van der Waals surface area contributed by atoms with Crippen LogP contribution in [0, 0.1) is 0 Å². The average Bonchev–Trinajstić information content (AvgIpc) is 3.06. The second-order valence-electron chi connectivity index (χ2n) is 7.13. The summed E-state index contributed by atoms with van der Waals surface area (Å²) < 4.78 is 1.53. The summed E-state index contributed by atoms with van der Waals surface area (Å²) >= 11 is 1.95. The fraction of sp³-hybridized carbons (Fsp3) is 0.0800. The molecule has 0 saturated carbocycles. The van der Waals surface area contributed by atoms with Crippen molar-refractivity contribution < 1.29 is 0 Å². The van der Waals surface area contributed by atoms with Gasteiger partial charge < -0.3 is 4.90 Å². The fourth-order valence-electron chi connectivity index (χ4n) is 3.82. The van der Waals surface area contributed by atoms with Crippen LogP contribution >= 0.6 is 19.3 Å². The number of allylic oxidation sites excluding steroid dienone is 2. The van der Waals surface area contributed by atoms with E-state index in [1.54, 1.807) is 5.30 Å². The van der Waals surface area contributed by atoms with Gasteiger partial charge in [-0.25, -0.2) is 0 Å². The third-order valence-electron chi connectivity index (χ3n) is 5.32. The van der Waals surface area contributed by atoms with Crippen molar-refractivity contribution in [3.8, 4) is 0 Å². The van der Waals surface area contributed by atoms with Crippen LogP contribution in [0.15, 0.2) is 102 Å². The third kappa shape index (κ3) is 3.28. The Morgan fingerprint density at radius 1 is 0.893 bits per heavy atom. The number of anilines is 1. The van der Waals surface area contributed by atoms with Crippen molar-refractivity contribution in [1.29, 1.82) is 0 Å². The second-order valence-corrected chi connectivity index (χ2v) is 10.9. The van der Waals surface area contributed by atoms with Gasteiger partial charge in [-0.15, -0.1) is 0 Å². The Balaban J connectivity index is 1.51. The predicted octanol–water partition coefficient (Wildman–Crippen LogP) is 6.01. The monoisotopic (exact) mass is 399 g/mol. The smallest absolute Gasteiger partial charge is 0.0488 e. The molecule has 0 aromatic heterocycles. The molecule has 0 fully saturated rings. The van der Waals surface area contributed by atoms with Gasteiger partial charge in [0.25, 0.3) is 0 Å². The van der Waals surface area contributed by atoms with E-state index in [9.17, 15) is 0 Å². The Kier molecular flexibility index (Phi) is 4.76. The van der Waals surface area contributed by atoms with E-state index in [0.29, 0.717) is 0 Å². The topological polar surface area (TPSA) is 3.24 Å². The molecule has 2 heterocycles. The Bertz CT molecular complexity index is 1130. The molecule has 138 valence electrons. The molecule has 0 aliphatic carbocycles. The number of nitrogens with zero attached hydrogens (tertiary/aromatic N) is 1. The van der Waals surface area contributed by atoms with Crippen LogP contribution in [0.5, 0.6) is 0 Å². The van der Waals surface area contributed by atoms with Crippen molar-refractivity contribution in [3.63, 3.8) is 0 Å². The largest absolute Gasteiger partial charge is 0.343 e. The molecule has 3 heteroatoms. The van der Waals surface area contributed by atoms with E-state index < -0.39 is 7.55 Å². The molecule has 3 aromatic rings. The van der Waals surface area contributed by atoms with Crippen molar-refractivity contribution in [2.45, 2.75) is 11.4 Å². The molecule has 0 saturated heterocycles. The standard InChI is InChI=1S/C25H22NPS/c1-27-23-13-7-8-14-24(23)28-25(27)17-20-15-16-26(18-19-9-3-2-4-10-19)22-12-6-5-11-21(20)22/h2-17,27H,18H2,1H3/b20-17+. The van der Waals surface area contributed by atoms with E-state index in [1.165, 1.54) is 31.9 Å². The first-order chi connectivity index (χ1) is 13.8. The summed E-state index contributed by atoms with van der Waals surface area (Å²) in [5.41, 5.74) is 5.25. The van der Waals surface area contributed by atoms with Gasteiger partial charge in [0, 0.05) is 33.5 Å². The normalized spacial score (nSPS) is 19.0. The number of benzene rings is 3. The zero-order chi connectivity index (χ0) is 18.9. The van der Waals surface area contributed by atoms with E-state index in [2.05, 4.69) is 109 Å². The van der Waals surface area contributed by atoms with Crippen LogP contribution in [0.4, 0.5) is 5.69 Å². The van der Waals surface area contributed by atoms with Gasteiger partial charge in [-0.2, -0.15) is 0 Å². The van der Waals surface area contributed by atoms with Gasteiger partial charge >= 0.3 is 0 Å². The summed E-state index contributed by atoms with van der Waals surface area (Å²) in [7, 11) is -0.658. The second kappa shape index (κ2) is 7.54. The Morgan fingerprint density at radius 2 is 1.64 bits per heavy atom. The molecular weight excluding hydrogens is 377 g/mol. The van der Waals surface area contributed by atoms with Crippen molar-refractivity contribution in [1.82, 2.24) is 0 Å². The minimum atomic E-state index is -0.658. The summed E-state index contributed by atoms with van der Waals surface area (Å²) in [6.45, 7) is 3.30. The van der Waals surface area contributed by atoms with E-state index in [0.717, 1.165) is 6.54 Å². The van der Waals surface area contributed by atoms with Crippen molar-refractivity contribution in [2.75, 3.05) is 11.6 Å². The first kappa shape index (κ1) is 17.7. The molecule has 0 N–H and O–H groups in total. The van der Waals surface area contributed by atoms with Gasteiger partial charge in [-0.05, 0) is 47.4 Å². The summed E-state index contributed by atoms with van der Waals surface area (Å²) in [4.78, 5) is 3.78. The van der Waals surface area contributed by atoms with Crippen LogP contribution in [0.2, 0.25) is 0 Å². The van der Waals surface area contributed by atoms with Crippen LogP contribution < -0.4 is 10.2 Å². The van der Waals surface area contributed by atoms with Crippen LogP contribution in [0.25, 0.3) is 5.57 Å². The van der Waals surface area contributed by atoms with Gasteiger partial charge in [0.1, 0.15) is 0 Å². The number of para-hydroxylation sites is 1. The minimum absolute atomic E-state index is 0.658. The highest BCUT2D eigenvalue weighted by atomic mass is 32.2. The van der Waals surface area contributed by atoms with Crippen LogP contribution in [0.3, 0.4) is 0 Å². The number of hydrogen-bond donors (Lipinski definition) is 0. The lowest BCUT2D eigenvalue weighted by molar-refractivity contribution is 0.960. The first-order valence-corrected chi connectivity index (χ1v) is 12.4. The lowest BCUT2D eigenvalue weighted by Crippen LogP contribution is -2.19. The van der Waals surface area contributed by atoms with E-state index >= 15 is 0 Å². The Hall–Kier alpha value is -2.41. The molecule has 1 nitrogen and oxygen atoms in total.